The number of aromatic nitrogens is 2. The van der Waals surface area contributed by atoms with E-state index in [0.717, 1.165) is 39.1 Å². The molecule has 0 saturated carbocycles. The molecule has 0 aliphatic carbocycles. The molecule has 31 heavy (non-hydrogen) atoms. The van der Waals surface area contributed by atoms with Gasteiger partial charge in [0, 0.05) is 17.5 Å². The van der Waals surface area contributed by atoms with E-state index in [4.69, 9.17) is 9.47 Å². The third kappa shape index (κ3) is 5.00. The van der Waals surface area contributed by atoms with E-state index < -0.39 is 0 Å². The SMILES string of the molecule is COc1ccc(CCNC(=O)COc2ncnc3scc(-c4ccc(C)cc4)c23)cc1. The second kappa shape index (κ2) is 9.57. The van der Waals surface area contributed by atoms with E-state index in [-0.39, 0.29) is 12.5 Å². The molecule has 0 unspecified atom stereocenters. The molecule has 6 nitrogen and oxygen atoms in total. The van der Waals surface area contributed by atoms with Gasteiger partial charge in [-0.3, -0.25) is 4.79 Å². The van der Waals surface area contributed by atoms with Gasteiger partial charge in [0.25, 0.3) is 5.91 Å². The first kappa shape index (κ1) is 20.8. The number of methoxy groups -OCH3 is 1. The van der Waals surface area contributed by atoms with Crippen LogP contribution < -0.4 is 14.8 Å². The lowest BCUT2D eigenvalue weighted by molar-refractivity contribution is -0.123. The van der Waals surface area contributed by atoms with E-state index in [1.54, 1.807) is 7.11 Å². The van der Waals surface area contributed by atoms with Gasteiger partial charge in [-0.2, -0.15) is 0 Å². The molecule has 1 amide bonds. The number of rotatable bonds is 8. The first-order valence-corrected chi connectivity index (χ1v) is 10.8. The van der Waals surface area contributed by atoms with E-state index in [1.165, 1.54) is 23.2 Å². The number of ether oxygens (including phenoxy) is 2. The van der Waals surface area contributed by atoms with Gasteiger partial charge < -0.3 is 14.8 Å². The smallest absolute Gasteiger partial charge is 0.258 e. The molecule has 1 N–H and O–H groups in total. The molecule has 0 atom stereocenters. The molecule has 4 rings (SSSR count). The predicted molar refractivity (Wildman–Crippen MR) is 123 cm³/mol. The van der Waals surface area contributed by atoms with Gasteiger partial charge in [-0.25, -0.2) is 9.97 Å². The highest BCUT2D eigenvalue weighted by atomic mass is 32.1. The number of thiophene rings is 1. The minimum atomic E-state index is -0.188. The molecule has 0 fully saturated rings. The Morgan fingerprint density at radius 1 is 1.06 bits per heavy atom. The lowest BCUT2D eigenvalue weighted by atomic mass is 10.0. The van der Waals surface area contributed by atoms with Crippen molar-refractivity contribution in [1.29, 1.82) is 0 Å². The lowest BCUT2D eigenvalue weighted by Gasteiger charge is -2.09. The first-order valence-electron chi connectivity index (χ1n) is 9.95. The van der Waals surface area contributed by atoms with Crippen molar-refractivity contribution in [3.8, 4) is 22.8 Å². The van der Waals surface area contributed by atoms with Gasteiger partial charge in [-0.05, 0) is 36.6 Å². The maximum atomic E-state index is 12.3. The third-order valence-corrected chi connectivity index (χ3v) is 5.82. The van der Waals surface area contributed by atoms with Gasteiger partial charge in [0.05, 0.1) is 12.5 Å². The summed E-state index contributed by atoms with van der Waals surface area (Å²) >= 11 is 1.53. The van der Waals surface area contributed by atoms with Crippen molar-refractivity contribution in [2.45, 2.75) is 13.3 Å². The van der Waals surface area contributed by atoms with Gasteiger partial charge in [0.2, 0.25) is 5.88 Å². The average Bonchev–Trinajstić information content (AvgIpc) is 3.23. The Bertz CT molecular complexity index is 1170. The van der Waals surface area contributed by atoms with E-state index in [9.17, 15) is 4.79 Å². The number of nitrogens with one attached hydrogen (secondary N) is 1. The van der Waals surface area contributed by atoms with Crippen LogP contribution in [0.5, 0.6) is 11.6 Å². The maximum absolute atomic E-state index is 12.3. The number of hydrogen-bond donors (Lipinski definition) is 1. The van der Waals surface area contributed by atoms with Crippen molar-refractivity contribution in [2.75, 3.05) is 20.3 Å². The van der Waals surface area contributed by atoms with Crippen molar-refractivity contribution in [3.63, 3.8) is 0 Å². The molecule has 0 radical (unpaired) electrons. The second-order valence-corrected chi connectivity index (χ2v) is 7.97. The monoisotopic (exact) mass is 433 g/mol. The normalized spacial score (nSPS) is 10.8. The Morgan fingerprint density at radius 3 is 2.58 bits per heavy atom. The molecule has 2 heterocycles. The molecule has 2 aromatic carbocycles. The summed E-state index contributed by atoms with van der Waals surface area (Å²) in [5.74, 6) is 1.05. The standard InChI is InChI=1S/C24H23N3O3S/c1-16-3-7-18(8-4-16)20-14-31-24-22(20)23(26-15-27-24)30-13-21(28)25-12-11-17-5-9-19(29-2)10-6-17/h3-10,14-15H,11-13H2,1-2H3,(H,25,28). The fourth-order valence-corrected chi connectivity index (χ4v) is 4.13. The number of nitrogens with zero attached hydrogens (tertiary/aromatic N) is 2. The van der Waals surface area contributed by atoms with Crippen LogP contribution in [0.1, 0.15) is 11.1 Å². The van der Waals surface area contributed by atoms with Gasteiger partial charge in [-0.1, -0.05) is 42.0 Å². The van der Waals surface area contributed by atoms with Crippen molar-refractivity contribution in [1.82, 2.24) is 15.3 Å². The molecular formula is C24H23N3O3S. The lowest BCUT2D eigenvalue weighted by Crippen LogP contribution is -2.30. The third-order valence-electron chi connectivity index (χ3n) is 4.93. The van der Waals surface area contributed by atoms with Crippen LogP contribution in [0.25, 0.3) is 21.3 Å². The summed E-state index contributed by atoms with van der Waals surface area (Å²) in [6.07, 6.45) is 2.20. The molecule has 0 spiro atoms. The summed E-state index contributed by atoms with van der Waals surface area (Å²) in [5.41, 5.74) is 4.40. The quantitative estimate of drug-likeness (QED) is 0.446. The van der Waals surface area contributed by atoms with E-state index in [0.29, 0.717) is 12.4 Å². The number of fused-ring (bicyclic) bond motifs is 1. The Balaban J connectivity index is 1.38. The Hall–Kier alpha value is -3.45. The number of hydrogen-bond acceptors (Lipinski definition) is 6. The van der Waals surface area contributed by atoms with Gasteiger partial charge in [0.15, 0.2) is 6.61 Å². The van der Waals surface area contributed by atoms with Gasteiger partial charge >= 0.3 is 0 Å². The highest BCUT2D eigenvalue weighted by Crippen LogP contribution is 2.37. The molecule has 7 heteroatoms. The molecule has 0 saturated heterocycles. The van der Waals surface area contributed by atoms with Gasteiger partial charge in [0.1, 0.15) is 16.9 Å². The van der Waals surface area contributed by atoms with E-state index in [1.807, 2.05) is 29.6 Å². The van der Waals surface area contributed by atoms with E-state index in [2.05, 4.69) is 46.5 Å². The summed E-state index contributed by atoms with van der Waals surface area (Å²) in [6.45, 7) is 2.49. The van der Waals surface area contributed by atoms with Crippen LogP contribution in [0.2, 0.25) is 0 Å². The van der Waals surface area contributed by atoms with Crippen LogP contribution in [-0.2, 0) is 11.2 Å². The van der Waals surface area contributed by atoms with Crippen molar-refractivity contribution >= 4 is 27.5 Å². The van der Waals surface area contributed by atoms with Crippen molar-refractivity contribution in [3.05, 3.63) is 71.4 Å². The van der Waals surface area contributed by atoms with Crippen LogP contribution in [-0.4, -0.2) is 36.1 Å². The van der Waals surface area contributed by atoms with Crippen LogP contribution in [0.3, 0.4) is 0 Å². The minimum absolute atomic E-state index is 0.0993. The van der Waals surface area contributed by atoms with E-state index >= 15 is 0 Å². The first-order chi connectivity index (χ1) is 15.1. The van der Waals surface area contributed by atoms with Crippen LogP contribution in [0.4, 0.5) is 0 Å². The zero-order chi connectivity index (χ0) is 21.6. The summed E-state index contributed by atoms with van der Waals surface area (Å²) in [6, 6.07) is 16.1. The maximum Gasteiger partial charge on any atom is 0.258 e. The number of carbonyl (C=O) groups excluding carboxylic acids is 1. The molecule has 0 aliphatic heterocycles. The van der Waals surface area contributed by atoms with Crippen LogP contribution >= 0.6 is 11.3 Å². The molecule has 4 aromatic rings. The highest BCUT2D eigenvalue weighted by Gasteiger charge is 2.15. The van der Waals surface area contributed by atoms with Crippen molar-refractivity contribution < 1.29 is 14.3 Å². The fraction of sp³-hybridized carbons (Fsp3) is 0.208. The second-order valence-electron chi connectivity index (χ2n) is 7.11. The molecular weight excluding hydrogens is 410 g/mol. The Kier molecular flexibility index (Phi) is 6.43. The van der Waals surface area contributed by atoms with Crippen molar-refractivity contribution in [2.24, 2.45) is 0 Å². The van der Waals surface area contributed by atoms with Crippen LogP contribution in [0, 0.1) is 6.92 Å². The fourth-order valence-electron chi connectivity index (χ4n) is 3.23. The molecule has 0 aliphatic rings. The largest absolute Gasteiger partial charge is 0.497 e. The topological polar surface area (TPSA) is 73.3 Å². The zero-order valence-corrected chi connectivity index (χ0v) is 18.2. The Labute approximate surface area is 184 Å². The molecule has 0 bridgehead atoms. The van der Waals surface area contributed by atoms with Crippen LogP contribution in [0.15, 0.2) is 60.2 Å². The molecule has 158 valence electrons. The number of carbonyl (C=O) groups is 1. The summed E-state index contributed by atoms with van der Waals surface area (Å²) in [7, 11) is 1.64. The number of aryl methyl sites for hydroxylation is 1. The Morgan fingerprint density at radius 2 is 1.84 bits per heavy atom. The zero-order valence-electron chi connectivity index (χ0n) is 17.4. The average molecular weight is 434 g/mol. The highest BCUT2D eigenvalue weighted by molar-refractivity contribution is 7.17. The summed E-state index contributed by atoms with van der Waals surface area (Å²) in [4.78, 5) is 21.7. The summed E-state index contributed by atoms with van der Waals surface area (Å²) < 4.78 is 10.9. The minimum Gasteiger partial charge on any atom is -0.497 e. The summed E-state index contributed by atoms with van der Waals surface area (Å²) in [5, 5.41) is 5.77. The predicted octanol–water partition coefficient (Wildman–Crippen LogP) is 4.41. The number of amides is 1. The number of benzene rings is 2. The van der Waals surface area contributed by atoms with Gasteiger partial charge in [-0.15, -0.1) is 11.3 Å². The molecule has 2 aromatic heterocycles.